The van der Waals surface area contributed by atoms with E-state index in [-0.39, 0.29) is 23.8 Å². The predicted molar refractivity (Wildman–Crippen MR) is 105 cm³/mol. The summed E-state index contributed by atoms with van der Waals surface area (Å²) in [5, 5.41) is 7.29. The van der Waals surface area contributed by atoms with Gasteiger partial charge in [-0.3, -0.25) is 4.79 Å². The van der Waals surface area contributed by atoms with Gasteiger partial charge in [0.2, 0.25) is 0 Å². The molecule has 5 nitrogen and oxygen atoms in total. The smallest absolute Gasteiger partial charge is 0.255 e. The van der Waals surface area contributed by atoms with Gasteiger partial charge in [-0.15, -0.1) is 0 Å². The van der Waals surface area contributed by atoms with Gasteiger partial charge in [-0.25, -0.2) is 9.37 Å². The maximum atomic E-state index is 13.4. The molecule has 0 radical (unpaired) electrons. The molecule has 27 heavy (non-hydrogen) atoms. The van der Waals surface area contributed by atoms with E-state index in [1.54, 1.807) is 25.3 Å². The summed E-state index contributed by atoms with van der Waals surface area (Å²) in [6.45, 7) is 0. The topological polar surface area (TPSA) is 63.2 Å². The largest absolute Gasteiger partial charge is 0.496 e. The Kier molecular flexibility index (Phi) is 4.94. The fourth-order valence-corrected chi connectivity index (χ4v) is 4.46. The number of methoxy groups -OCH3 is 1. The van der Waals surface area contributed by atoms with Gasteiger partial charge in [0.05, 0.1) is 22.9 Å². The molecule has 3 aromatic rings. The molecule has 0 spiro atoms. The van der Waals surface area contributed by atoms with Crippen LogP contribution in [0, 0.1) is 5.82 Å². The van der Waals surface area contributed by atoms with Gasteiger partial charge in [-0.2, -0.15) is 0 Å². The Labute approximate surface area is 160 Å². The van der Waals surface area contributed by atoms with Crippen LogP contribution in [-0.2, 0) is 0 Å². The molecule has 0 unspecified atom stereocenters. The van der Waals surface area contributed by atoms with Crippen molar-refractivity contribution < 1.29 is 13.9 Å². The Bertz CT molecular complexity index is 975. The first-order chi connectivity index (χ1) is 13.1. The summed E-state index contributed by atoms with van der Waals surface area (Å²) in [5.74, 6) is 0.156. The number of nitrogens with zero attached hydrogens (tertiary/aromatic N) is 1. The maximum absolute atomic E-state index is 13.4. The van der Waals surface area contributed by atoms with Crippen molar-refractivity contribution >= 4 is 32.6 Å². The molecule has 7 heteroatoms. The third-order valence-corrected chi connectivity index (χ3v) is 5.79. The Morgan fingerprint density at radius 2 is 2.04 bits per heavy atom. The minimum atomic E-state index is -0.263. The molecule has 0 bridgehead atoms. The highest BCUT2D eigenvalue weighted by atomic mass is 32.1. The van der Waals surface area contributed by atoms with E-state index in [2.05, 4.69) is 15.6 Å². The van der Waals surface area contributed by atoms with E-state index in [0.29, 0.717) is 11.3 Å². The number of aromatic nitrogens is 1. The molecule has 1 aliphatic carbocycles. The van der Waals surface area contributed by atoms with Crippen LogP contribution in [0.2, 0.25) is 0 Å². The molecule has 1 saturated carbocycles. The van der Waals surface area contributed by atoms with E-state index in [9.17, 15) is 9.18 Å². The SMILES string of the molecule is COc1ccccc1C(=O)N[C@@H]1CCC[C@@H]1Nc1nc2ccc(F)cc2s1. The fraction of sp³-hybridized carbons (Fsp3) is 0.300. The summed E-state index contributed by atoms with van der Waals surface area (Å²) in [7, 11) is 1.56. The van der Waals surface area contributed by atoms with Crippen molar-refractivity contribution in [2.45, 2.75) is 31.3 Å². The quantitative estimate of drug-likeness (QED) is 0.691. The van der Waals surface area contributed by atoms with Crippen LogP contribution in [0.1, 0.15) is 29.6 Å². The lowest BCUT2D eigenvalue weighted by Crippen LogP contribution is -2.43. The van der Waals surface area contributed by atoms with Gasteiger partial charge >= 0.3 is 0 Å². The van der Waals surface area contributed by atoms with Crippen molar-refractivity contribution in [1.82, 2.24) is 10.3 Å². The molecule has 1 amide bonds. The first kappa shape index (κ1) is 17.7. The van der Waals surface area contributed by atoms with Crippen molar-refractivity contribution in [2.24, 2.45) is 0 Å². The highest BCUT2D eigenvalue weighted by molar-refractivity contribution is 7.22. The predicted octanol–water partition coefficient (Wildman–Crippen LogP) is 4.21. The van der Waals surface area contributed by atoms with Crippen molar-refractivity contribution in [3.05, 3.63) is 53.8 Å². The van der Waals surface area contributed by atoms with E-state index in [0.717, 1.165) is 34.6 Å². The number of carbonyl (C=O) groups is 1. The number of ether oxygens (including phenoxy) is 1. The molecular formula is C20H20FN3O2S. The summed E-state index contributed by atoms with van der Waals surface area (Å²) in [6, 6.07) is 11.9. The van der Waals surface area contributed by atoms with E-state index in [1.807, 2.05) is 12.1 Å². The zero-order valence-electron chi connectivity index (χ0n) is 14.9. The number of anilines is 1. The number of nitrogens with one attached hydrogen (secondary N) is 2. The van der Waals surface area contributed by atoms with Gasteiger partial charge in [0.15, 0.2) is 5.13 Å². The monoisotopic (exact) mass is 385 g/mol. The summed E-state index contributed by atoms with van der Waals surface area (Å²) in [5.41, 5.74) is 1.30. The summed E-state index contributed by atoms with van der Waals surface area (Å²) in [6.07, 6.45) is 2.87. The number of halogens is 1. The summed E-state index contributed by atoms with van der Waals surface area (Å²) in [4.78, 5) is 17.2. The highest BCUT2D eigenvalue weighted by Crippen LogP contribution is 2.30. The average Bonchev–Trinajstić information content (AvgIpc) is 3.27. The Hall–Kier alpha value is -2.67. The van der Waals surface area contributed by atoms with Crippen molar-refractivity contribution in [2.75, 3.05) is 12.4 Å². The molecule has 140 valence electrons. The van der Waals surface area contributed by atoms with Crippen LogP contribution >= 0.6 is 11.3 Å². The van der Waals surface area contributed by atoms with Crippen LogP contribution in [0.15, 0.2) is 42.5 Å². The standard InChI is InChI=1S/C20H20FN3O2S/c1-26-17-8-3-2-5-13(17)19(25)22-14-6-4-7-15(14)23-20-24-16-10-9-12(21)11-18(16)27-20/h2-3,5,8-11,14-15H,4,6-7H2,1H3,(H,22,25)(H,23,24)/t14-,15+/m1/s1. The number of fused-ring (bicyclic) bond motifs is 1. The second-order valence-corrected chi connectivity index (χ2v) is 7.62. The summed E-state index contributed by atoms with van der Waals surface area (Å²) < 4.78 is 19.5. The normalized spacial score (nSPS) is 19.2. The van der Waals surface area contributed by atoms with E-state index >= 15 is 0 Å². The van der Waals surface area contributed by atoms with E-state index in [1.165, 1.54) is 23.5 Å². The molecule has 2 atom stereocenters. The second-order valence-electron chi connectivity index (χ2n) is 6.59. The molecule has 1 heterocycles. The number of carbonyl (C=O) groups excluding carboxylic acids is 1. The first-order valence-corrected chi connectivity index (χ1v) is 9.72. The summed E-state index contributed by atoms with van der Waals surface area (Å²) >= 11 is 1.43. The van der Waals surface area contributed by atoms with Gasteiger partial charge in [-0.1, -0.05) is 23.5 Å². The average molecular weight is 385 g/mol. The Morgan fingerprint density at radius 3 is 2.89 bits per heavy atom. The molecule has 1 aromatic heterocycles. The lowest BCUT2D eigenvalue weighted by Gasteiger charge is -2.22. The number of benzene rings is 2. The molecule has 0 aliphatic heterocycles. The lowest BCUT2D eigenvalue weighted by atomic mass is 10.1. The number of hydrogen-bond donors (Lipinski definition) is 2. The third-order valence-electron chi connectivity index (χ3n) is 4.84. The second kappa shape index (κ2) is 7.52. The van der Waals surface area contributed by atoms with Crippen LogP contribution in [0.25, 0.3) is 10.2 Å². The molecule has 1 aliphatic rings. The van der Waals surface area contributed by atoms with Crippen molar-refractivity contribution in [1.29, 1.82) is 0 Å². The molecular weight excluding hydrogens is 365 g/mol. The van der Waals surface area contributed by atoms with Gasteiger partial charge in [-0.05, 0) is 49.6 Å². The van der Waals surface area contributed by atoms with Gasteiger partial charge in [0, 0.05) is 12.1 Å². The molecule has 1 fully saturated rings. The van der Waals surface area contributed by atoms with Crippen LogP contribution < -0.4 is 15.4 Å². The van der Waals surface area contributed by atoms with Gasteiger partial charge in [0.25, 0.3) is 5.91 Å². The van der Waals surface area contributed by atoms with Gasteiger partial charge in [0.1, 0.15) is 11.6 Å². The molecule has 4 rings (SSSR count). The van der Waals surface area contributed by atoms with Gasteiger partial charge < -0.3 is 15.4 Å². The molecule has 2 N–H and O–H groups in total. The molecule has 0 saturated heterocycles. The number of amides is 1. The zero-order valence-corrected chi connectivity index (χ0v) is 15.7. The Morgan fingerprint density at radius 1 is 1.22 bits per heavy atom. The number of para-hydroxylation sites is 1. The number of hydrogen-bond acceptors (Lipinski definition) is 5. The van der Waals surface area contributed by atoms with Crippen molar-refractivity contribution in [3.8, 4) is 5.75 Å². The van der Waals surface area contributed by atoms with Crippen LogP contribution in [0.3, 0.4) is 0 Å². The van der Waals surface area contributed by atoms with Crippen LogP contribution in [-0.4, -0.2) is 30.1 Å². The maximum Gasteiger partial charge on any atom is 0.255 e. The zero-order chi connectivity index (χ0) is 18.8. The first-order valence-electron chi connectivity index (χ1n) is 8.90. The minimum Gasteiger partial charge on any atom is -0.496 e. The minimum absolute atomic E-state index is 0.00570. The van der Waals surface area contributed by atoms with Crippen LogP contribution in [0.5, 0.6) is 5.75 Å². The van der Waals surface area contributed by atoms with E-state index < -0.39 is 0 Å². The lowest BCUT2D eigenvalue weighted by molar-refractivity contribution is 0.0933. The highest BCUT2D eigenvalue weighted by Gasteiger charge is 2.30. The third kappa shape index (κ3) is 3.73. The number of thiazole rings is 1. The Balaban J connectivity index is 1.47. The molecule has 2 aromatic carbocycles. The fourth-order valence-electron chi connectivity index (χ4n) is 3.50. The van der Waals surface area contributed by atoms with Crippen LogP contribution in [0.4, 0.5) is 9.52 Å². The van der Waals surface area contributed by atoms with E-state index in [4.69, 9.17) is 4.74 Å². The van der Waals surface area contributed by atoms with Crippen molar-refractivity contribution in [3.63, 3.8) is 0 Å². The number of rotatable bonds is 5.